The normalized spacial score (nSPS) is 17.2. The maximum atomic E-state index is 13.8. The molecular weight excluding hydrogens is 323 g/mol. The van der Waals surface area contributed by atoms with E-state index in [1.165, 1.54) is 12.1 Å². The topological polar surface area (TPSA) is 88.3 Å². The Bertz CT molecular complexity index is 782. The summed E-state index contributed by atoms with van der Waals surface area (Å²) in [5, 5.41) is 2.71. The molecule has 6 nitrogen and oxygen atoms in total. The van der Waals surface area contributed by atoms with Crippen molar-refractivity contribution in [3.05, 3.63) is 54.0 Å². The van der Waals surface area contributed by atoms with E-state index in [1.54, 1.807) is 6.20 Å². The van der Waals surface area contributed by atoms with E-state index in [1.807, 2.05) is 18.2 Å². The lowest BCUT2D eigenvalue weighted by atomic mass is 9.97. The van der Waals surface area contributed by atoms with E-state index >= 15 is 0 Å². The number of halogens is 1. The van der Waals surface area contributed by atoms with Gasteiger partial charge >= 0.3 is 0 Å². The van der Waals surface area contributed by atoms with Crippen molar-refractivity contribution in [3.63, 3.8) is 0 Å². The summed E-state index contributed by atoms with van der Waals surface area (Å²) >= 11 is 0. The van der Waals surface area contributed by atoms with E-state index in [4.69, 9.17) is 5.73 Å². The van der Waals surface area contributed by atoms with E-state index in [9.17, 15) is 14.0 Å². The van der Waals surface area contributed by atoms with E-state index < -0.39 is 11.7 Å². The Morgan fingerprint density at radius 3 is 2.80 bits per heavy atom. The Balaban J connectivity index is 1.67. The molecule has 0 radical (unpaired) electrons. The maximum Gasteiger partial charge on any atom is 0.251 e. The largest absolute Gasteiger partial charge is 0.366 e. The number of carbonyl (C=O) groups is 2. The average molecular weight is 342 g/mol. The molecule has 2 amide bonds. The van der Waals surface area contributed by atoms with E-state index in [0.717, 1.165) is 31.3 Å². The van der Waals surface area contributed by atoms with Gasteiger partial charge in [0, 0.05) is 25.0 Å². The van der Waals surface area contributed by atoms with Crippen molar-refractivity contribution in [2.24, 2.45) is 11.7 Å². The van der Waals surface area contributed by atoms with Gasteiger partial charge in [-0.3, -0.25) is 9.59 Å². The van der Waals surface area contributed by atoms with Crippen LogP contribution in [0.25, 0.3) is 0 Å². The fourth-order valence-corrected chi connectivity index (χ4v) is 2.98. The minimum atomic E-state index is -0.839. The Kier molecular flexibility index (Phi) is 4.92. The number of carbonyl (C=O) groups excluding carboxylic acids is 2. The van der Waals surface area contributed by atoms with Crippen LogP contribution in [0.2, 0.25) is 0 Å². The zero-order valence-electron chi connectivity index (χ0n) is 13.6. The van der Waals surface area contributed by atoms with Gasteiger partial charge < -0.3 is 16.0 Å². The number of nitrogens with one attached hydrogen (secondary N) is 1. The number of pyridine rings is 1. The highest BCUT2D eigenvalue weighted by Crippen LogP contribution is 2.23. The number of hydrogen-bond donors (Lipinski definition) is 2. The Morgan fingerprint density at radius 1 is 1.28 bits per heavy atom. The highest BCUT2D eigenvalue weighted by molar-refractivity contribution is 5.95. The summed E-state index contributed by atoms with van der Waals surface area (Å²) in [7, 11) is 0. The van der Waals surface area contributed by atoms with E-state index in [0.29, 0.717) is 12.2 Å². The third-order valence-corrected chi connectivity index (χ3v) is 4.27. The minimum absolute atomic E-state index is 0.174. The summed E-state index contributed by atoms with van der Waals surface area (Å²) in [4.78, 5) is 30.0. The molecule has 1 atom stereocenters. The van der Waals surface area contributed by atoms with Crippen LogP contribution in [0.15, 0.2) is 42.6 Å². The third-order valence-electron chi connectivity index (χ3n) is 4.27. The van der Waals surface area contributed by atoms with Gasteiger partial charge in [0.25, 0.3) is 5.91 Å². The second kappa shape index (κ2) is 7.29. The summed E-state index contributed by atoms with van der Waals surface area (Å²) in [5.41, 5.74) is 5.19. The average Bonchev–Trinajstić information content (AvgIpc) is 2.62. The third kappa shape index (κ3) is 3.93. The number of nitrogens with zero attached hydrogens (tertiary/aromatic N) is 2. The van der Waals surface area contributed by atoms with Crippen LogP contribution >= 0.6 is 0 Å². The molecule has 130 valence electrons. The van der Waals surface area contributed by atoms with Gasteiger partial charge in [0.1, 0.15) is 11.6 Å². The van der Waals surface area contributed by atoms with Gasteiger partial charge in [0.2, 0.25) is 5.91 Å². The van der Waals surface area contributed by atoms with Gasteiger partial charge in [0.15, 0.2) is 0 Å². The lowest BCUT2D eigenvalue weighted by Crippen LogP contribution is -2.41. The number of piperidine rings is 1. The van der Waals surface area contributed by atoms with Crippen LogP contribution < -0.4 is 16.0 Å². The van der Waals surface area contributed by atoms with Crippen molar-refractivity contribution in [3.8, 4) is 0 Å². The van der Waals surface area contributed by atoms with Crippen molar-refractivity contribution >= 4 is 23.3 Å². The second-order valence-electron chi connectivity index (χ2n) is 6.02. The fraction of sp³-hybridized carbons (Fsp3) is 0.278. The summed E-state index contributed by atoms with van der Waals surface area (Å²) < 4.78 is 13.8. The molecule has 0 bridgehead atoms. The summed E-state index contributed by atoms with van der Waals surface area (Å²) in [6.07, 6.45) is 3.36. The smallest absolute Gasteiger partial charge is 0.251 e. The highest BCUT2D eigenvalue weighted by atomic mass is 19.1. The van der Waals surface area contributed by atoms with Crippen molar-refractivity contribution in [2.75, 3.05) is 23.3 Å². The summed E-state index contributed by atoms with van der Waals surface area (Å²) in [6.45, 7) is 1.41. The number of rotatable bonds is 4. The highest BCUT2D eigenvalue weighted by Gasteiger charge is 2.26. The Morgan fingerprint density at radius 2 is 2.12 bits per heavy atom. The molecule has 3 N–H and O–H groups in total. The lowest BCUT2D eigenvalue weighted by molar-refractivity contribution is -0.120. The molecule has 0 aliphatic carbocycles. The van der Waals surface area contributed by atoms with Gasteiger partial charge in [-0.2, -0.15) is 0 Å². The lowest BCUT2D eigenvalue weighted by Gasteiger charge is -2.32. The number of nitrogens with two attached hydrogens (primary N) is 1. The van der Waals surface area contributed by atoms with Crippen molar-refractivity contribution in [2.45, 2.75) is 12.8 Å². The molecule has 0 unspecified atom stereocenters. The monoisotopic (exact) mass is 342 g/mol. The van der Waals surface area contributed by atoms with Gasteiger partial charge in [-0.05, 0) is 43.2 Å². The fourth-order valence-electron chi connectivity index (χ4n) is 2.98. The first-order valence-corrected chi connectivity index (χ1v) is 8.11. The zero-order valence-corrected chi connectivity index (χ0v) is 13.6. The summed E-state index contributed by atoms with van der Waals surface area (Å²) in [6, 6.07) is 9.53. The summed E-state index contributed by atoms with van der Waals surface area (Å²) in [5.74, 6) is -1.13. The number of amides is 2. The molecule has 1 aromatic carbocycles. The first kappa shape index (κ1) is 16.9. The maximum absolute atomic E-state index is 13.8. The van der Waals surface area contributed by atoms with Crippen molar-refractivity contribution in [1.82, 2.24) is 4.98 Å². The molecule has 1 fully saturated rings. The molecule has 0 spiro atoms. The quantitative estimate of drug-likeness (QED) is 0.891. The van der Waals surface area contributed by atoms with Crippen LogP contribution in [-0.2, 0) is 4.79 Å². The molecule has 1 aromatic heterocycles. The molecule has 3 rings (SSSR count). The predicted octanol–water partition coefficient (Wildman–Crippen LogP) is 2.17. The number of anilines is 2. The predicted molar refractivity (Wildman–Crippen MR) is 92.7 cm³/mol. The standard InChI is InChI=1S/C18H19FN4O2/c19-15-10-13(6-7-14(15)17(20)24)22-18(25)12-4-3-9-23(11-12)16-5-1-2-8-21-16/h1-2,5-8,10,12H,3-4,9,11H2,(H2,20,24)(H,22,25)/t12-/m0/s1. The first-order valence-electron chi connectivity index (χ1n) is 8.11. The molecule has 1 saturated heterocycles. The van der Waals surface area contributed by atoms with Crippen LogP contribution in [0.4, 0.5) is 15.9 Å². The Labute approximate surface area is 144 Å². The van der Waals surface area contributed by atoms with Crippen LogP contribution in [0.3, 0.4) is 0 Å². The van der Waals surface area contributed by atoms with Gasteiger partial charge in [-0.15, -0.1) is 0 Å². The van der Waals surface area contributed by atoms with Gasteiger partial charge in [-0.1, -0.05) is 6.07 Å². The molecule has 2 heterocycles. The first-order chi connectivity index (χ1) is 12.0. The van der Waals surface area contributed by atoms with Crippen LogP contribution in [0, 0.1) is 11.7 Å². The number of hydrogen-bond acceptors (Lipinski definition) is 4. The molecule has 1 aliphatic rings. The second-order valence-corrected chi connectivity index (χ2v) is 6.02. The number of benzene rings is 1. The number of aromatic nitrogens is 1. The van der Waals surface area contributed by atoms with Gasteiger partial charge in [0.05, 0.1) is 11.5 Å². The molecule has 25 heavy (non-hydrogen) atoms. The Hall–Kier alpha value is -2.96. The van der Waals surface area contributed by atoms with Crippen LogP contribution in [-0.4, -0.2) is 29.9 Å². The van der Waals surface area contributed by atoms with Crippen molar-refractivity contribution < 1.29 is 14.0 Å². The molecule has 1 aliphatic heterocycles. The molecule has 2 aromatic rings. The minimum Gasteiger partial charge on any atom is -0.366 e. The van der Waals surface area contributed by atoms with Crippen molar-refractivity contribution in [1.29, 1.82) is 0 Å². The van der Waals surface area contributed by atoms with Crippen LogP contribution in [0.5, 0.6) is 0 Å². The van der Waals surface area contributed by atoms with E-state index in [2.05, 4.69) is 15.2 Å². The molecule has 7 heteroatoms. The molecular formula is C18H19FN4O2. The van der Waals surface area contributed by atoms with E-state index in [-0.39, 0.29) is 17.4 Å². The van der Waals surface area contributed by atoms with Crippen LogP contribution in [0.1, 0.15) is 23.2 Å². The van der Waals surface area contributed by atoms with Gasteiger partial charge in [-0.25, -0.2) is 9.37 Å². The molecule has 0 saturated carbocycles. The zero-order chi connectivity index (χ0) is 17.8. The SMILES string of the molecule is NC(=O)c1ccc(NC(=O)[C@H]2CCCN(c3ccccn3)C2)cc1F. The number of primary amides is 1.